The molecule has 2 rings (SSSR count). The highest BCUT2D eigenvalue weighted by atomic mass is 32.1. The van der Waals surface area contributed by atoms with Crippen molar-refractivity contribution in [1.82, 2.24) is 15.5 Å². The average molecular weight is 308 g/mol. The van der Waals surface area contributed by atoms with Gasteiger partial charge in [-0.2, -0.15) is 0 Å². The van der Waals surface area contributed by atoms with Gasteiger partial charge in [-0.25, -0.2) is 0 Å². The van der Waals surface area contributed by atoms with Gasteiger partial charge in [-0.15, -0.1) is 16.4 Å². The second kappa shape index (κ2) is 8.14. The first-order valence-electron chi connectivity index (χ1n) is 7.52. The molecule has 2 heterocycles. The first-order chi connectivity index (χ1) is 10.2. The molecule has 2 aromatic heterocycles. The van der Waals surface area contributed by atoms with Crippen molar-refractivity contribution >= 4 is 17.4 Å². The Morgan fingerprint density at radius 1 is 1.33 bits per heavy atom. The van der Waals surface area contributed by atoms with Crippen LogP contribution in [0.3, 0.4) is 0 Å². The quantitative estimate of drug-likeness (QED) is 0.737. The van der Waals surface area contributed by atoms with Crippen LogP contribution in [0.5, 0.6) is 0 Å². The van der Waals surface area contributed by atoms with Gasteiger partial charge in [-0.1, -0.05) is 38.4 Å². The van der Waals surface area contributed by atoms with Crippen LogP contribution in [0.4, 0.5) is 6.01 Å². The molecule has 0 bridgehead atoms. The number of nitrogens with zero attached hydrogens (tertiary/aromatic N) is 2. The maximum absolute atomic E-state index is 5.65. The summed E-state index contributed by atoms with van der Waals surface area (Å²) in [5, 5.41) is 16.9. The number of anilines is 1. The fourth-order valence-corrected chi connectivity index (χ4v) is 2.88. The Morgan fingerprint density at radius 2 is 2.19 bits per heavy atom. The minimum atomic E-state index is 0.243. The summed E-state index contributed by atoms with van der Waals surface area (Å²) in [6.07, 6.45) is 2.15. The highest BCUT2D eigenvalue weighted by Gasteiger charge is 2.15. The molecule has 0 aliphatic heterocycles. The smallest absolute Gasteiger partial charge is 0.316 e. The van der Waals surface area contributed by atoms with E-state index < -0.39 is 0 Å². The van der Waals surface area contributed by atoms with Crippen LogP contribution in [0, 0.1) is 5.92 Å². The molecule has 0 aliphatic rings. The summed E-state index contributed by atoms with van der Waals surface area (Å²) in [5.41, 5.74) is 0. The SMILES string of the molecule is CCCC(Nc1nnc(CNCC(C)C)o1)c1cccs1. The molecule has 1 atom stereocenters. The lowest BCUT2D eigenvalue weighted by Crippen LogP contribution is -2.19. The zero-order chi connectivity index (χ0) is 15.1. The average Bonchev–Trinajstić information content (AvgIpc) is 3.09. The van der Waals surface area contributed by atoms with Crippen LogP contribution in [0.1, 0.15) is 50.4 Å². The fraction of sp³-hybridized carbons (Fsp3) is 0.600. The number of nitrogens with one attached hydrogen (secondary N) is 2. The normalized spacial score (nSPS) is 12.8. The molecule has 5 nitrogen and oxygen atoms in total. The number of rotatable bonds is 9. The molecule has 6 heteroatoms. The van der Waals surface area contributed by atoms with E-state index >= 15 is 0 Å². The van der Waals surface area contributed by atoms with Crippen LogP contribution in [0.15, 0.2) is 21.9 Å². The number of thiophene rings is 1. The third kappa shape index (κ3) is 5.13. The molecular weight excluding hydrogens is 284 g/mol. The van der Waals surface area contributed by atoms with Crippen molar-refractivity contribution < 1.29 is 4.42 Å². The van der Waals surface area contributed by atoms with E-state index in [-0.39, 0.29) is 6.04 Å². The Morgan fingerprint density at radius 3 is 2.86 bits per heavy atom. The zero-order valence-electron chi connectivity index (χ0n) is 12.9. The third-order valence-electron chi connectivity index (χ3n) is 3.06. The summed E-state index contributed by atoms with van der Waals surface area (Å²) < 4.78 is 5.65. The van der Waals surface area contributed by atoms with Gasteiger partial charge in [-0.05, 0) is 30.3 Å². The molecule has 0 saturated heterocycles. The van der Waals surface area contributed by atoms with Gasteiger partial charge in [0.2, 0.25) is 5.89 Å². The van der Waals surface area contributed by atoms with Gasteiger partial charge < -0.3 is 15.1 Å². The first-order valence-corrected chi connectivity index (χ1v) is 8.40. The Balaban J connectivity index is 1.90. The van der Waals surface area contributed by atoms with Gasteiger partial charge in [0.25, 0.3) is 0 Å². The van der Waals surface area contributed by atoms with Gasteiger partial charge in [0.1, 0.15) is 0 Å². The highest BCUT2D eigenvalue weighted by molar-refractivity contribution is 7.10. The summed E-state index contributed by atoms with van der Waals surface area (Å²) >= 11 is 1.75. The standard InChI is InChI=1S/C15H24N4OS/c1-4-6-12(13-7-5-8-21-13)17-15-19-18-14(20-15)10-16-9-11(2)3/h5,7-8,11-12,16H,4,6,9-10H2,1-3H3,(H,17,19). The molecule has 0 amide bonds. The summed E-state index contributed by atoms with van der Waals surface area (Å²) in [7, 11) is 0. The monoisotopic (exact) mass is 308 g/mol. The van der Waals surface area contributed by atoms with Gasteiger partial charge in [-0.3, -0.25) is 0 Å². The molecular formula is C15H24N4OS. The van der Waals surface area contributed by atoms with Crippen molar-refractivity contribution in [1.29, 1.82) is 0 Å². The Hall–Kier alpha value is -1.40. The van der Waals surface area contributed by atoms with Crippen molar-refractivity contribution in [2.24, 2.45) is 5.92 Å². The fourth-order valence-electron chi connectivity index (χ4n) is 2.06. The van der Waals surface area contributed by atoms with Crippen LogP contribution in [0.25, 0.3) is 0 Å². The van der Waals surface area contributed by atoms with Crippen molar-refractivity contribution in [3.8, 4) is 0 Å². The Bertz CT molecular complexity index is 509. The Kier molecular flexibility index (Phi) is 6.20. The summed E-state index contributed by atoms with van der Waals surface area (Å²) in [4.78, 5) is 1.30. The van der Waals surface area contributed by atoms with Crippen molar-refractivity contribution in [2.45, 2.75) is 46.2 Å². The van der Waals surface area contributed by atoms with E-state index in [2.05, 4.69) is 59.1 Å². The van der Waals surface area contributed by atoms with E-state index in [9.17, 15) is 0 Å². The Labute approximate surface area is 130 Å². The molecule has 0 aromatic carbocycles. The van der Waals surface area contributed by atoms with Crippen LogP contribution < -0.4 is 10.6 Å². The molecule has 0 saturated carbocycles. The van der Waals surface area contributed by atoms with E-state index in [0.717, 1.165) is 19.4 Å². The van der Waals surface area contributed by atoms with Gasteiger partial charge in [0.15, 0.2) is 0 Å². The lowest BCUT2D eigenvalue weighted by atomic mass is 10.1. The largest absolute Gasteiger partial charge is 0.407 e. The lowest BCUT2D eigenvalue weighted by molar-refractivity contribution is 0.455. The van der Waals surface area contributed by atoms with Gasteiger partial charge >= 0.3 is 6.01 Å². The molecule has 116 valence electrons. The number of aromatic nitrogens is 2. The second-order valence-corrected chi connectivity index (χ2v) is 6.51. The topological polar surface area (TPSA) is 63.0 Å². The molecule has 21 heavy (non-hydrogen) atoms. The van der Waals surface area contributed by atoms with Crippen LogP contribution >= 0.6 is 11.3 Å². The van der Waals surface area contributed by atoms with E-state index in [0.29, 0.717) is 24.4 Å². The zero-order valence-corrected chi connectivity index (χ0v) is 13.7. The molecule has 0 radical (unpaired) electrons. The first kappa shape index (κ1) is 16.0. The van der Waals surface area contributed by atoms with Crippen LogP contribution in [-0.4, -0.2) is 16.7 Å². The van der Waals surface area contributed by atoms with E-state index in [1.165, 1.54) is 4.88 Å². The molecule has 0 spiro atoms. The summed E-state index contributed by atoms with van der Waals surface area (Å²) in [6, 6.07) is 4.95. The molecule has 0 aliphatic carbocycles. The van der Waals surface area contributed by atoms with Crippen molar-refractivity contribution in [3.63, 3.8) is 0 Å². The molecule has 2 aromatic rings. The molecule has 1 unspecified atom stereocenters. The highest BCUT2D eigenvalue weighted by Crippen LogP contribution is 2.26. The second-order valence-electron chi connectivity index (χ2n) is 5.53. The molecule has 2 N–H and O–H groups in total. The summed E-state index contributed by atoms with van der Waals surface area (Å²) in [5.74, 6) is 1.23. The van der Waals surface area contributed by atoms with Crippen LogP contribution in [0.2, 0.25) is 0 Å². The van der Waals surface area contributed by atoms with Crippen molar-refractivity contribution in [2.75, 3.05) is 11.9 Å². The van der Waals surface area contributed by atoms with Gasteiger partial charge in [0, 0.05) is 4.88 Å². The predicted octanol–water partition coefficient (Wildman–Crippen LogP) is 3.83. The van der Waals surface area contributed by atoms with E-state index in [1.54, 1.807) is 11.3 Å². The van der Waals surface area contributed by atoms with Crippen LogP contribution in [-0.2, 0) is 6.54 Å². The number of hydrogen-bond acceptors (Lipinski definition) is 6. The molecule has 0 fully saturated rings. The minimum absolute atomic E-state index is 0.243. The predicted molar refractivity (Wildman–Crippen MR) is 86.4 cm³/mol. The van der Waals surface area contributed by atoms with E-state index in [1.807, 2.05) is 0 Å². The van der Waals surface area contributed by atoms with Gasteiger partial charge in [0.05, 0.1) is 12.6 Å². The number of hydrogen-bond donors (Lipinski definition) is 2. The maximum Gasteiger partial charge on any atom is 0.316 e. The summed E-state index contributed by atoms with van der Waals surface area (Å²) in [6.45, 7) is 8.08. The van der Waals surface area contributed by atoms with E-state index in [4.69, 9.17) is 4.42 Å². The maximum atomic E-state index is 5.65. The van der Waals surface area contributed by atoms with Crippen molar-refractivity contribution in [3.05, 3.63) is 28.3 Å². The lowest BCUT2D eigenvalue weighted by Gasteiger charge is -2.14. The minimum Gasteiger partial charge on any atom is -0.407 e. The third-order valence-corrected chi connectivity index (χ3v) is 4.04.